The van der Waals surface area contributed by atoms with Crippen LogP contribution < -0.4 is 23.7 Å². The van der Waals surface area contributed by atoms with Crippen LogP contribution in [0.5, 0.6) is 29.1 Å². The number of hydrogen-bond acceptors (Lipinski definition) is 12. The third-order valence-corrected chi connectivity index (χ3v) is 7.34. The Morgan fingerprint density at radius 2 is 1.52 bits per heavy atom. The Labute approximate surface area is 266 Å². The maximum absolute atomic E-state index is 13.5. The second-order valence-corrected chi connectivity index (χ2v) is 11.3. The highest BCUT2D eigenvalue weighted by molar-refractivity contribution is 7.92. The van der Waals surface area contributed by atoms with Crippen LogP contribution in [0.4, 0.5) is 5.82 Å². The summed E-state index contributed by atoms with van der Waals surface area (Å²) in [7, 11) is -2.75. The summed E-state index contributed by atoms with van der Waals surface area (Å²) in [5, 5.41) is -0.216. The molecule has 0 spiro atoms. The SMILES string of the molecule is COc1ccccc1Oc1c(NS(=O)(=O)c2ccc(C)cn2)nc(-c2ccncc2)nc1OCC#CCOc1nc(C)cc(C)n1. The average molecular weight is 640 g/mol. The molecule has 0 unspecified atom stereocenters. The first-order valence-electron chi connectivity index (χ1n) is 13.8. The zero-order valence-electron chi connectivity index (χ0n) is 25.4. The lowest BCUT2D eigenvalue weighted by molar-refractivity contribution is 0.322. The number of aryl methyl sites for hydroxylation is 3. The van der Waals surface area contributed by atoms with Gasteiger partial charge in [0.2, 0.25) is 5.75 Å². The summed E-state index contributed by atoms with van der Waals surface area (Å²) in [5.41, 5.74) is 2.90. The second kappa shape index (κ2) is 14.3. The molecule has 0 aliphatic rings. The van der Waals surface area contributed by atoms with Crippen LogP contribution in [-0.2, 0) is 10.0 Å². The predicted molar refractivity (Wildman–Crippen MR) is 168 cm³/mol. The molecule has 4 aromatic heterocycles. The number of benzene rings is 1. The number of nitrogens with one attached hydrogen (secondary N) is 1. The average Bonchev–Trinajstić information content (AvgIpc) is 3.04. The fourth-order valence-corrected chi connectivity index (χ4v) is 4.93. The van der Waals surface area contributed by atoms with Gasteiger partial charge in [-0.05, 0) is 62.7 Å². The van der Waals surface area contributed by atoms with Crippen molar-refractivity contribution in [2.75, 3.05) is 25.0 Å². The maximum Gasteiger partial charge on any atom is 0.317 e. The molecule has 0 amide bonds. The van der Waals surface area contributed by atoms with Gasteiger partial charge < -0.3 is 18.9 Å². The molecule has 1 aromatic carbocycles. The van der Waals surface area contributed by atoms with Crippen molar-refractivity contribution >= 4 is 15.8 Å². The first-order chi connectivity index (χ1) is 22.2. The van der Waals surface area contributed by atoms with E-state index in [9.17, 15) is 8.42 Å². The minimum absolute atomic E-state index is 0.0114. The molecular formula is C32H29N7O6S. The van der Waals surface area contributed by atoms with E-state index in [-0.39, 0.29) is 53.3 Å². The number of hydrogen-bond donors (Lipinski definition) is 1. The molecule has 14 heteroatoms. The van der Waals surface area contributed by atoms with Gasteiger partial charge in [-0.15, -0.1) is 0 Å². The molecular weight excluding hydrogens is 610 g/mol. The third-order valence-electron chi connectivity index (χ3n) is 6.09. The minimum atomic E-state index is -4.23. The van der Waals surface area contributed by atoms with Gasteiger partial charge in [0.15, 0.2) is 41.4 Å². The Kier molecular flexibility index (Phi) is 9.84. The van der Waals surface area contributed by atoms with Crippen LogP contribution in [0.2, 0.25) is 0 Å². The first kappa shape index (κ1) is 31.6. The Balaban J connectivity index is 1.51. The minimum Gasteiger partial charge on any atom is -0.493 e. The Bertz CT molecular complexity index is 1980. The number of ether oxygens (including phenoxy) is 4. The van der Waals surface area contributed by atoms with Gasteiger partial charge in [0, 0.05) is 35.5 Å². The van der Waals surface area contributed by atoms with Gasteiger partial charge in [0.05, 0.1) is 7.11 Å². The molecule has 0 bridgehead atoms. The van der Waals surface area contributed by atoms with Crippen LogP contribution in [0.15, 0.2) is 78.2 Å². The lowest BCUT2D eigenvalue weighted by Gasteiger charge is -2.17. The van der Waals surface area contributed by atoms with Crippen molar-refractivity contribution in [3.05, 3.63) is 90.1 Å². The van der Waals surface area contributed by atoms with Gasteiger partial charge in [-0.25, -0.2) is 19.9 Å². The zero-order valence-corrected chi connectivity index (χ0v) is 26.2. The molecule has 0 aliphatic carbocycles. The standard InChI is InChI=1S/C32H29N7O6S/c1-21-11-12-27(34-20-21)46(40,41)39-30-28(45-26-10-6-5-9-25(26)42-4)31(38-29(37-30)24-13-15-33-16-14-24)43-17-7-8-18-44-32-35-22(2)19-23(3)36-32/h5-6,9-16,19-20H,17-18H2,1-4H3,(H,37,38,39). The zero-order chi connectivity index (χ0) is 32.5. The van der Waals surface area contributed by atoms with Gasteiger partial charge in [0.25, 0.3) is 15.9 Å². The monoisotopic (exact) mass is 639 g/mol. The van der Waals surface area contributed by atoms with E-state index in [1.54, 1.807) is 61.8 Å². The first-order valence-corrected chi connectivity index (χ1v) is 15.3. The summed E-state index contributed by atoms with van der Waals surface area (Å²) in [6, 6.07) is 15.3. The number of pyridine rings is 2. The highest BCUT2D eigenvalue weighted by Crippen LogP contribution is 2.41. The lowest BCUT2D eigenvalue weighted by Crippen LogP contribution is -2.17. The Morgan fingerprint density at radius 1 is 0.826 bits per heavy atom. The highest BCUT2D eigenvalue weighted by Gasteiger charge is 2.26. The molecule has 0 saturated carbocycles. The van der Waals surface area contributed by atoms with E-state index in [1.807, 2.05) is 19.9 Å². The fraction of sp³-hybridized carbons (Fsp3) is 0.188. The van der Waals surface area contributed by atoms with E-state index < -0.39 is 10.0 Å². The molecule has 0 saturated heterocycles. The number of anilines is 1. The molecule has 5 aromatic rings. The van der Waals surface area contributed by atoms with Crippen molar-refractivity contribution in [3.8, 4) is 52.4 Å². The molecule has 13 nitrogen and oxygen atoms in total. The van der Waals surface area contributed by atoms with Crippen molar-refractivity contribution in [3.63, 3.8) is 0 Å². The number of para-hydroxylation sites is 2. The molecule has 46 heavy (non-hydrogen) atoms. The van der Waals surface area contributed by atoms with Crippen molar-refractivity contribution in [1.29, 1.82) is 0 Å². The van der Waals surface area contributed by atoms with Crippen molar-refractivity contribution < 1.29 is 27.4 Å². The molecule has 5 rings (SSSR count). The van der Waals surface area contributed by atoms with Crippen LogP contribution in [0.25, 0.3) is 11.4 Å². The van der Waals surface area contributed by atoms with Gasteiger partial charge >= 0.3 is 6.01 Å². The normalized spacial score (nSPS) is 10.8. The molecule has 234 valence electrons. The molecule has 1 N–H and O–H groups in total. The van der Waals surface area contributed by atoms with E-state index in [1.165, 1.54) is 19.4 Å². The summed E-state index contributed by atoms with van der Waals surface area (Å²) in [4.78, 5) is 25.6. The second-order valence-electron chi connectivity index (χ2n) is 9.66. The van der Waals surface area contributed by atoms with E-state index in [0.29, 0.717) is 11.3 Å². The topological polar surface area (TPSA) is 160 Å². The number of rotatable bonds is 11. The van der Waals surface area contributed by atoms with Gasteiger partial charge in [-0.3, -0.25) is 9.71 Å². The summed E-state index contributed by atoms with van der Waals surface area (Å²) in [6.45, 7) is 5.35. The fourth-order valence-electron chi connectivity index (χ4n) is 3.99. The van der Waals surface area contributed by atoms with E-state index in [4.69, 9.17) is 18.9 Å². The molecule has 4 heterocycles. The van der Waals surface area contributed by atoms with E-state index >= 15 is 0 Å². The largest absolute Gasteiger partial charge is 0.493 e. The molecule has 0 aliphatic heterocycles. The van der Waals surface area contributed by atoms with Crippen LogP contribution in [0, 0.1) is 32.6 Å². The Morgan fingerprint density at radius 3 is 2.20 bits per heavy atom. The number of nitrogens with zero attached hydrogens (tertiary/aromatic N) is 6. The number of aromatic nitrogens is 6. The van der Waals surface area contributed by atoms with Crippen LogP contribution >= 0.6 is 0 Å². The molecule has 0 fully saturated rings. The van der Waals surface area contributed by atoms with E-state index in [2.05, 4.69) is 46.5 Å². The lowest BCUT2D eigenvalue weighted by atomic mass is 10.2. The van der Waals surface area contributed by atoms with Crippen LogP contribution in [0.3, 0.4) is 0 Å². The third kappa shape index (κ3) is 8.01. The van der Waals surface area contributed by atoms with Gasteiger partial charge in [-0.1, -0.05) is 30.0 Å². The van der Waals surface area contributed by atoms with Crippen molar-refractivity contribution in [2.45, 2.75) is 25.8 Å². The van der Waals surface area contributed by atoms with Gasteiger partial charge in [0.1, 0.15) is 0 Å². The summed E-state index contributed by atoms with van der Waals surface area (Å²) >= 11 is 0. The van der Waals surface area contributed by atoms with Crippen molar-refractivity contribution in [1.82, 2.24) is 29.9 Å². The highest BCUT2D eigenvalue weighted by atomic mass is 32.2. The maximum atomic E-state index is 13.5. The molecule has 0 radical (unpaired) electrons. The number of methoxy groups -OCH3 is 1. The predicted octanol–water partition coefficient (Wildman–Crippen LogP) is 4.71. The number of sulfonamides is 1. The van der Waals surface area contributed by atoms with Crippen LogP contribution in [0.1, 0.15) is 17.0 Å². The summed E-state index contributed by atoms with van der Waals surface area (Å²) in [6.07, 6.45) is 4.57. The smallest absolute Gasteiger partial charge is 0.317 e. The Hall–Kier alpha value is -5.81. The quantitative estimate of drug-likeness (QED) is 0.199. The molecule has 0 atom stereocenters. The van der Waals surface area contributed by atoms with E-state index in [0.717, 1.165) is 17.0 Å². The van der Waals surface area contributed by atoms with Gasteiger partial charge in [-0.2, -0.15) is 13.4 Å². The summed E-state index contributed by atoms with van der Waals surface area (Å²) in [5.74, 6) is 6.07. The summed E-state index contributed by atoms with van der Waals surface area (Å²) < 4.78 is 52.6. The van der Waals surface area contributed by atoms with Crippen molar-refractivity contribution in [2.24, 2.45) is 0 Å². The van der Waals surface area contributed by atoms with Crippen LogP contribution in [-0.4, -0.2) is 58.6 Å².